The lowest BCUT2D eigenvalue weighted by molar-refractivity contribution is 0.0692. The van der Waals surface area contributed by atoms with Crippen molar-refractivity contribution < 1.29 is 4.79 Å². The maximum atomic E-state index is 12.2. The van der Waals surface area contributed by atoms with Gasteiger partial charge in [-0.15, -0.1) is 0 Å². The van der Waals surface area contributed by atoms with Crippen LogP contribution in [-0.2, 0) is 13.6 Å². The molecule has 126 valence electrons. The van der Waals surface area contributed by atoms with E-state index in [4.69, 9.17) is 0 Å². The summed E-state index contributed by atoms with van der Waals surface area (Å²) in [7, 11) is 2.04. The van der Waals surface area contributed by atoms with E-state index in [1.54, 1.807) is 18.5 Å². The summed E-state index contributed by atoms with van der Waals surface area (Å²) in [4.78, 5) is 22.9. The zero-order valence-corrected chi connectivity index (χ0v) is 14.0. The van der Waals surface area contributed by atoms with Gasteiger partial charge in [0.25, 0.3) is 5.91 Å². The first-order valence-electron chi connectivity index (χ1n) is 8.52. The molecule has 2 fully saturated rings. The number of nitrogens with zero attached hydrogens (tertiary/aromatic N) is 4. The number of carbonyl (C=O) groups excluding carboxylic acids is 1. The molecule has 1 amide bonds. The molecule has 2 aromatic rings. The number of hydrogen-bond acceptors (Lipinski definition) is 4. The Hall–Kier alpha value is -2.21. The second-order valence-electron chi connectivity index (χ2n) is 7.28. The SMILES string of the molecule is Cn1cncc1CN1CCC2(CC(NC(=O)c3cccnc3)C2)C1. The van der Waals surface area contributed by atoms with Crippen LogP contribution in [0.15, 0.2) is 37.1 Å². The minimum absolute atomic E-state index is 0.00677. The molecule has 6 heteroatoms. The Morgan fingerprint density at radius 1 is 1.38 bits per heavy atom. The van der Waals surface area contributed by atoms with Crippen molar-refractivity contribution in [2.45, 2.75) is 31.8 Å². The molecule has 1 aliphatic heterocycles. The van der Waals surface area contributed by atoms with Gasteiger partial charge in [0.05, 0.1) is 17.6 Å². The third kappa shape index (κ3) is 2.94. The van der Waals surface area contributed by atoms with Crippen LogP contribution in [0.25, 0.3) is 0 Å². The molecule has 2 aromatic heterocycles. The lowest BCUT2D eigenvalue weighted by Crippen LogP contribution is -2.51. The van der Waals surface area contributed by atoms with E-state index in [-0.39, 0.29) is 5.91 Å². The largest absolute Gasteiger partial charge is 0.349 e. The van der Waals surface area contributed by atoms with Gasteiger partial charge >= 0.3 is 0 Å². The third-order valence-corrected chi connectivity index (χ3v) is 5.44. The van der Waals surface area contributed by atoms with E-state index < -0.39 is 0 Å². The van der Waals surface area contributed by atoms with E-state index in [9.17, 15) is 4.79 Å². The van der Waals surface area contributed by atoms with Crippen LogP contribution in [0.5, 0.6) is 0 Å². The molecule has 1 N–H and O–H groups in total. The summed E-state index contributed by atoms with van der Waals surface area (Å²) in [5.41, 5.74) is 2.29. The monoisotopic (exact) mass is 325 g/mol. The number of pyridine rings is 1. The van der Waals surface area contributed by atoms with Crippen molar-refractivity contribution in [3.63, 3.8) is 0 Å². The van der Waals surface area contributed by atoms with Crippen molar-refractivity contribution in [3.8, 4) is 0 Å². The number of aryl methyl sites for hydroxylation is 1. The zero-order valence-electron chi connectivity index (χ0n) is 14.0. The number of nitrogens with one attached hydrogen (secondary N) is 1. The maximum absolute atomic E-state index is 12.2. The molecule has 6 nitrogen and oxygen atoms in total. The fraction of sp³-hybridized carbons (Fsp3) is 0.500. The van der Waals surface area contributed by atoms with Crippen molar-refractivity contribution in [3.05, 3.63) is 48.3 Å². The molecular weight excluding hydrogens is 302 g/mol. The normalized spacial score (nSPS) is 26.5. The van der Waals surface area contributed by atoms with Gasteiger partial charge in [0.1, 0.15) is 0 Å². The van der Waals surface area contributed by atoms with Crippen molar-refractivity contribution in [2.24, 2.45) is 12.5 Å². The molecule has 0 bridgehead atoms. The lowest BCUT2D eigenvalue weighted by Gasteiger charge is -2.45. The topological polar surface area (TPSA) is 63.1 Å². The van der Waals surface area contributed by atoms with Crippen LogP contribution in [0.1, 0.15) is 35.3 Å². The molecular formula is C18H23N5O. The predicted octanol–water partition coefficient (Wildman–Crippen LogP) is 1.60. The van der Waals surface area contributed by atoms with Crippen molar-refractivity contribution >= 4 is 5.91 Å². The fourth-order valence-corrected chi connectivity index (χ4v) is 4.12. The summed E-state index contributed by atoms with van der Waals surface area (Å²) in [6.45, 7) is 3.22. The summed E-state index contributed by atoms with van der Waals surface area (Å²) in [5, 5.41) is 3.14. The van der Waals surface area contributed by atoms with E-state index in [2.05, 4.69) is 24.8 Å². The van der Waals surface area contributed by atoms with Gasteiger partial charge in [0.2, 0.25) is 0 Å². The van der Waals surface area contributed by atoms with E-state index in [1.165, 1.54) is 12.1 Å². The number of amides is 1. The highest BCUT2D eigenvalue weighted by Gasteiger charge is 2.48. The predicted molar refractivity (Wildman–Crippen MR) is 90.3 cm³/mol. The summed E-state index contributed by atoms with van der Waals surface area (Å²) < 4.78 is 2.09. The van der Waals surface area contributed by atoms with E-state index in [1.807, 2.05) is 25.6 Å². The van der Waals surface area contributed by atoms with Crippen LogP contribution in [0.3, 0.4) is 0 Å². The van der Waals surface area contributed by atoms with E-state index in [0.29, 0.717) is 17.0 Å². The van der Waals surface area contributed by atoms with Crippen LogP contribution < -0.4 is 5.32 Å². The first kappa shape index (κ1) is 15.3. The van der Waals surface area contributed by atoms with Gasteiger partial charge in [0, 0.05) is 44.8 Å². The summed E-state index contributed by atoms with van der Waals surface area (Å²) in [6.07, 6.45) is 10.5. The van der Waals surface area contributed by atoms with E-state index >= 15 is 0 Å². The van der Waals surface area contributed by atoms with Gasteiger partial charge in [-0.05, 0) is 43.4 Å². The highest BCUT2D eigenvalue weighted by atomic mass is 16.1. The first-order valence-corrected chi connectivity index (χ1v) is 8.52. The quantitative estimate of drug-likeness (QED) is 0.927. The molecule has 2 aliphatic rings. The lowest BCUT2D eigenvalue weighted by atomic mass is 9.65. The molecule has 1 spiro atoms. The van der Waals surface area contributed by atoms with Gasteiger partial charge in [-0.3, -0.25) is 14.7 Å². The van der Waals surface area contributed by atoms with Crippen molar-refractivity contribution in [1.82, 2.24) is 24.8 Å². The number of rotatable bonds is 4. The van der Waals surface area contributed by atoms with Gasteiger partial charge in [-0.2, -0.15) is 0 Å². The van der Waals surface area contributed by atoms with Gasteiger partial charge in [-0.1, -0.05) is 0 Å². The second kappa shape index (κ2) is 6.02. The first-order chi connectivity index (χ1) is 11.6. The molecule has 3 heterocycles. The van der Waals surface area contributed by atoms with Crippen LogP contribution in [0, 0.1) is 5.41 Å². The molecule has 0 aromatic carbocycles. The smallest absolute Gasteiger partial charge is 0.253 e. The average molecular weight is 325 g/mol. The van der Waals surface area contributed by atoms with Crippen molar-refractivity contribution in [1.29, 1.82) is 0 Å². The number of hydrogen-bond donors (Lipinski definition) is 1. The summed E-state index contributed by atoms with van der Waals surface area (Å²) in [5.74, 6) is -0.00677. The molecule has 1 saturated carbocycles. The Labute approximate surface area is 141 Å². The Morgan fingerprint density at radius 3 is 2.96 bits per heavy atom. The maximum Gasteiger partial charge on any atom is 0.253 e. The second-order valence-corrected chi connectivity index (χ2v) is 7.28. The molecule has 0 atom stereocenters. The van der Waals surface area contributed by atoms with E-state index in [0.717, 1.165) is 32.5 Å². The van der Waals surface area contributed by atoms with Crippen LogP contribution in [0.4, 0.5) is 0 Å². The van der Waals surface area contributed by atoms with Gasteiger partial charge < -0.3 is 9.88 Å². The number of imidazole rings is 1. The van der Waals surface area contributed by atoms with Crippen LogP contribution in [-0.4, -0.2) is 44.5 Å². The summed E-state index contributed by atoms with van der Waals surface area (Å²) >= 11 is 0. The number of carbonyl (C=O) groups is 1. The Morgan fingerprint density at radius 2 is 2.25 bits per heavy atom. The highest BCUT2D eigenvalue weighted by Crippen LogP contribution is 2.48. The Balaban J connectivity index is 1.28. The average Bonchev–Trinajstić information content (AvgIpc) is 3.15. The zero-order chi connectivity index (χ0) is 16.6. The van der Waals surface area contributed by atoms with Crippen molar-refractivity contribution in [2.75, 3.05) is 13.1 Å². The minimum atomic E-state index is -0.00677. The third-order valence-electron chi connectivity index (χ3n) is 5.44. The summed E-state index contributed by atoms with van der Waals surface area (Å²) in [6, 6.07) is 3.90. The molecule has 4 rings (SSSR count). The fourth-order valence-electron chi connectivity index (χ4n) is 4.12. The molecule has 1 saturated heterocycles. The van der Waals surface area contributed by atoms with Gasteiger partial charge in [0.15, 0.2) is 0 Å². The van der Waals surface area contributed by atoms with Crippen LogP contribution in [0.2, 0.25) is 0 Å². The Kier molecular flexibility index (Phi) is 3.84. The minimum Gasteiger partial charge on any atom is -0.349 e. The number of likely N-dealkylation sites (tertiary alicyclic amines) is 1. The van der Waals surface area contributed by atoms with Gasteiger partial charge in [-0.25, -0.2) is 4.98 Å². The number of aromatic nitrogens is 3. The Bertz CT molecular complexity index is 720. The molecule has 0 radical (unpaired) electrons. The molecule has 0 unspecified atom stereocenters. The van der Waals surface area contributed by atoms with Crippen LogP contribution >= 0.6 is 0 Å². The standard InChI is InChI=1S/C18H23N5O/c1-22-13-20-10-16(22)11-23-6-4-18(12-23)7-15(8-18)21-17(24)14-3-2-5-19-9-14/h2-3,5,9-10,13,15H,4,6-8,11-12H2,1H3,(H,21,24). The molecule has 24 heavy (non-hydrogen) atoms. The highest BCUT2D eigenvalue weighted by molar-refractivity contribution is 5.94. The molecule has 1 aliphatic carbocycles.